The van der Waals surface area contributed by atoms with Crippen molar-refractivity contribution in [3.05, 3.63) is 48.0 Å². The Labute approximate surface area is 118 Å². The second kappa shape index (κ2) is 5.52. The highest BCUT2D eigenvalue weighted by molar-refractivity contribution is 7.89. The molecule has 0 saturated carbocycles. The first kappa shape index (κ1) is 14.4. The van der Waals surface area contributed by atoms with Gasteiger partial charge in [-0.2, -0.15) is 0 Å². The van der Waals surface area contributed by atoms with Crippen LogP contribution in [0.4, 0.5) is 17.1 Å². The summed E-state index contributed by atoms with van der Waals surface area (Å²) in [6.45, 7) is 2.06. The first-order valence-corrected chi connectivity index (χ1v) is 7.73. The average molecular weight is 291 g/mol. The molecule has 0 atom stereocenters. The van der Waals surface area contributed by atoms with Crippen LogP contribution in [0.5, 0.6) is 0 Å². The number of sulfonamides is 1. The number of aryl methyl sites for hydroxylation is 1. The molecule has 0 saturated heterocycles. The lowest BCUT2D eigenvalue weighted by Gasteiger charge is -2.13. The Balaban J connectivity index is 2.35. The van der Waals surface area contributed by atoms with Gasteiger partial charge in [-0.05, 0) is 36.2 Å². The molecule has 2 rings (SSSR count). The Morgan fingerprint density at radius 1 is 1.10 bits per heavy atom. The van der Waals surface area contributed by atoms with Gasteiger partial charge in [-0.1, -0.05) is 25.1 Å². The highest BCUT2D eigenvalue weighted by Gasteiger charge is 2.10. The summed E-state index contributed by atoms with van der Waals surface area (Å²) in [5.41, 5.74) is 8.97. The van der Waals surface area contributed by atoms with Gasteiger partial charge in [-0.25, -0.2) is 13.6 Å². The van der Waals surface area contributed by atoms with Crippen LogP contribution in [0.15, 0.2) is 47.4 Å². The molecule has 0 aliphatic heterocycles. The third-order valence-corrected chi connectivity index (χ3v) is 3.93. The summed E-state index contributed by atoms with van der Waals surface area (Å²) in [6.07, 6.45) is 0.887. The summed E-state index contributed by atoms with van der Waals surface area (Å²) < 4.78 is 22.5. The van der Waals surface area contributed by atoms with Crippen molar-refractivity contribution in [3.8, 4) is 0 Å². The van der Waals surface area contributed by atoms with Crippen molar-refractivity contribution in [1.29, 1.82) is 0 Å². The van der Waals surface area contributed by atoms with E-state index in [2.05, 4.69) is 12.2 Å². The van der Waals surface area contributed by atoms with Crippen LogP contribution in [0.1, 0.15) is 12.5 Å². The summed E-state index contributed by atoms with van der Waals surface area (Å²) in [7, 11) is -3.74. The molecule has 20 heavy (non-hydrogen) atoms. The molecule has 2 aromatic carbocycles. The number of nitrogens with one attached hydrogen (secondary N) is 1. The molecule has 0 radical (unpaired) electrons. The number of nitrogens with two attached hydrogens (primary N) is 2. The Morgan fingerprint density at radius 2 is 1.80 bits per heavy atom. The van der Waals surface area contributed by atoms with Crippen LogP contribution in [0.2, 0.25) is 0 Å². The predicted molar refractivity (Wildman–Crippen MR) is 81.3 cm³/mol. The van der Waals surface area contributed by atoms with Crippen LogP contribution in [0.3, 0.4) is 0 Å². The number of hydrogen-bond donors (Lipinski definition) is 3. The van der Waals surface area contributed by atoms with Crippen LogP contribution in [0, 0.1) is 0 Å². The van der Waals surface area contributed by atoms with Crippen molar-refractivity contribution in [2.45, 2.75) is 18.2 Å². The zero-order chi connectivity index (χ0) is 14.8. The lowest BCUT2D eigenvalue weighted by Crippen LogP contribution is -2.12. The minimum Gasteiger partial charge on any atom is -0.397 e. The van der Waals surface area contributed by atoms with Gasteiger partial charge in [-0.3, -0.25) is 0 Å². The van der Waals surface area contributed by atoms with Crippen molar-refractivity contribution < 1.29 is 8.42 Å². The zero-order valence-electron chi connectivity index (χ0n) is 11.1. The van der Waals surface area contributed by atoms with E-state index < -0.39 is 10.0 Å². The highest BCUT2D eigenvalue weighted by atomic mass is 32.2. The molecule has 0 bridgehead atoms. The van der Waals surface area contributed by atoms with Crippen LogP contribution in [-0.2, 0) is 16.4 Å². The number of nitrogen functional groups attached to an aromatic ring is 1. The molecule has 106 valence electrons. The van der Waals surface area contributed by atoms with Crippen molar-refractivity contribution in [2.75, 3.05) is 11.1 Å². The summed E-state index contributed by atoms with van der Waals surface area (Å²) >= 11 is 0. The molecular formula is C14H17N3O2S. The van der Waals surface area contributed by atoms with Crippen LogP contribution in [0.25, 0.3) is 0 Å². The van der Waals surface area contributed by atoms with Gasteiger partial charge in [-0.15, -0.1) is 0 Å². The molecule has 5 nitrogen and oxygen atoms in total. The van der Waals surface area contributed by atoms with E-state index in [4.69, 9.17) is 10.9 Å². The maximum Gasteiger partial charge on any atom is 0.238 e. The molecule has 2 aromatic rings. The molecule has 6 heteroatoms. The summed E-state index contributed by atoms with van der Waals surface area (Å²) in [5.74, 6) is 0. The molecule has 0 aromatic heterocycles. The van der Waals surface area contributed by atoms with Gasteiger partial charge in [0.25, 0.3) is 0 Å². The molecule has 0 spiro atoms. The molecule has 5 N–H and O–H groups in total. The number of primary sulfonamides is 1. The first-order chi connectivity index (χ1) is 9.41. The molecule has 0 amide bonds. The van der Waals surface area contributed by atoms with E-state index in [-0.39, 0.29) is 4.90 Å². The second-order valence-corrected chi connectivity index (χ2v) is 5.99. The summed E-state index contributed by atoms with van der Waals surface area (Å²) in [4.78, 5) is 0.00401. The fourth-order valence-electron chi connectivity index (χ4n) is 1.93. The van der Waals surface area contributed by atoms with E-state index in [1.165, 1.54) is 12.1 Å². The van der Waals surface area contributed by atoms with Gasteiger partial charge >= 0.3 is 0 Å². The van der Waals surface area contributed by atoms with Gasteiger partial charge in [0.05, 0.1) is 16.3 Å². The number of anilines is 3. The molecule has 0 aliphatic carbocycles. The van der Waals surface area contributed by atoms with Gasteiger partial charge in [0.1, 0.15) is 0 Å². The second-order valence-electron chi connectivity index (χ2n) is 4.43. The SMILES string of the molecule is CCc1ccccc1Nc1ccc(S(N)(=O)=O)cc1N. The number of benzene rings is 2. The zero-order valence-corrected chi connectivity index (χ0v) is 11.9. The Kier molecular flexibility index (Phi) is 3.96. The fraction of sp³-hybridized carbons (Fsp3) is 0.143. The third-order valence-electron chi connectivity index (χ3n) is 3.02. The largest absolute Gasteiger partial charge is 0.397 e. The molecular weight excluding hydrogens is 274 g/mol. The van der Waals surface area contributed by atoms with Gasteiger partial charge in [0, 0.05) is 5.69 Å². The quantitative estimate of drug-likeness (QED) is 0.752. The van der Waals surface area contributed by atoms with E-state index in [1.54, 1.807) is 6.07 Å². The summed E-state index contributed by atoms with van der Waals surface area (Å²) in [6, 6.07) is 12.3. The number of para-hydroxylation sites is 1. The maximum absolute atomic E-state index is 11.3. The lowest BCUT2D eigenvalue weighted by molar-refractivity contribution is 0.598. The van der Waals surface area contributed by atoms with Crippen LogP contribution in [-0.4, -0.2) is 8.42 Å². The van der Waals surface area contributed by atoms with E-state index in [0.29, 0.717) is 11.4 Å². The minimum absolute atomic E-state index is 0.00401. The maximum atomic E-state index is 11.3. The van der Waals surface area contributed by atoms with Gasteiger partial charge in [0.15, 0.2) is 0 Å². The van der Waals surface area contributed by atoms with E-state index in [0.717, 1.165) is 17.7 Å². The smallest absolute Gasteiger partial charge is 0.238 e. The topological polar surface area (TPSA) is 98.2 Å². The van der Waals surface area contributed by atoms with Crippen molar-refractivity contribution >= 4 is 27.1 Å². The average Bonchev–Trinajstić information content (AvgIpc) is 2.40. The normalized spacial score (nSPS) is 11.3. The number of rotatable bonds is 4. The van der Waals surface area contributed by atoms with E-state index in [1.807, 2.05) is 24.3 Å². The first-order valence-electron chi connectivity index (χ1n) is 6.19. The predicted octanol–water partition coefficient (Wildman–Crippen LogP) is 2.22. The van der Waals surface area contributed by atoms with Gasteiger partial charge < -0.3 is 11.1 Å². The lowest BCUT2D eigenvalue weighted by atomic mass is 10.1. The monoisotopic (exact) mass is 291 g/mol. The third kappa shape index (κ3) is 3.09. The molecule has 0 unspecified atom stereocenters. The highest BCUT2D eigenvalue weighted by Crippen LogP contribution is 2.27. The van der Waals surface area contributed by atoms with Crippen molar-refractivity contribution in [1.82, 2.24) is 0 Å². The van der Waals surface area contributed by atoms with Crippen LogP contribution < -0.4 is 16.2 Å². The van der Waals surface area contributed by atoms with Crippen molar-refractivity contribution in [3.63, 3.8) is 0 Å². The van der Waals surface area contributed by atoms with Gasteiger partial charge in [0.2, 0.25) is 10.0 Å². The molecule has 0 fully saturated rings. The minimum atomic E-state index is -3.74. The molecule has 0 aliphatic rings. The molecule has 0 heterocycles. The van der Waals surface area contributed by atoms with E-state index in [9.17, 15) is 8.42 Å². The Morgan fingerprint density at radius 3 is 2.40 bits per heavy atom. The number of hydrogen-bond acceptors (Lipinski definition) is 4. The fourth-order valence-corrected chi connectivity index (χ4v) is 2.48. The van der Waals surface area contributed by atoms with Crippen LogP contribution >= 0.6 is 0 Å². The summed E-state index contributed by atoms with van der Waals surface area (Å²) in [5, 5.41) is 8.28. The standard InChI is InChI=1S/C14H17N3O2S/c1-2-10-5-3-4-6-13(10)17-14-8-7-11(9-12(14)15)20(16,18)19/h3-9,17H,2,15H2,1H3,(H2,16,18,19). The Hall–Kier alpha value is -2.05. The van der Waals surface area contributed by atoms with E-state index >= 15 is 0 Å². The Bertz CT molecular complexity index is 727. The van der Waals surface area contributed by atoms with Crippen molar-refractivity contribution in [2.24, 2.45) is 5.14 Å².